The van der Waals surface area contributed by atoms with Gasteiger partial charge in [0, 0.05) is 0 Å². The van der Waals surface area contributed by atoms with Gasteiger partial charge in [0.25, 0.3) is 5.91 Å². The van der Waals surface area contributed by atoms with Gasteiger partial charge in [-0.2, -0.15) is 0 Å². The first-order chi connectivity index (χ1) is 15.6. The molecule has 5 atom stereocenters. The van der Waals surface area contributed by atoms with E-state index in [1.165, 1.54) is 0 Å². The third kappa shape index (κ3) is 6.79. The maximum absolute atomic E-state index is 13.0. The molecule has 1 heterocycles. The molecule has 0 spiro atoms. The minimum absolute atomic E-state index is 0.00182. The summed E-state index contributed by atoms with van der Waals surface area (Å²) in [6, 6.07) is 7.52. The van der Waals surface area contributed by atoms with E-state index in [2.05, 4.69) is 10.6 Å². The average molecular weight is 461 g/mol. The molecular weight excluding hydrogens is 424 g/mol. The van der Waals surface area contributed by atoms with E-state index in [0.717, 1.165) is 12.0 Å². The number of hydrogen-bond donors (Lipinski definition) is 2. The van der Waals surface area contributed by atoms with Gasteiger partial charge in [0.05, 0.1) is 0 Å². The molecule has 1 aliphatic rings. The lowest BCUT2D eigenvalue weighted by Crippen LogP contribution is -2.61. The van der Waals surface area contributed by atoms with E-state index in [4.69, 9.17) is 9.47 Å². The summed E-state index contributed by atoms with van der Waals surface area (Å²) in [5.74, 6) is -2.90. The Kier molecular flexibility index (Phi) is 9.44. The van der Waals surface area contributed by atoms with Crippen molar-refractivity contribution in [1.29, 1.82) is 0 Å². The molecule has 2 N–H and O–H groups in total. The summed E-state index contributed by atoms with van der Waals surface area (Å²) in [4.78, 5) is 50.3. The molecule has 8 nitrogen and oxygen atoms in total. The van der Waals surface area contributed by atoms with Crippen LogP contribution < -0.4 is 10.6 Å². The lowest BCUT2D eigenvalue weighted by atomic mass is 9.82. The zero-order valence-electron chi connectivity index (χ0n) is 20.3. The number of ether oxygens (including phenoxy) is 2. The number of amides is 2. The van der Waals surface area contributed by atoms with Crippen molar-refractivity contribution < 1.29 is 28.7 Å². The number of esters is 2. The van der Waals surface area contributed by atoms with E-state index in [-0.39, 0.29) is 24.4 Å². The molecule has 1 aromatic rings. The van der Waals surface area contributed by atoms with Crippen LogP contribution >= 0.6 is 0 Å². The Balaban J connectivity index is 2.02. The average Bonchev–Trinajstić information content (AvgIpc) is 2.77. The number of carbonyl (C=O) groups is 4. The van der Waals surface area contributed by atoms with Gasteiger partial charge in [-0.15, -0.1) is 0 Å². The zero-order chi connectivity index (χ0) is 24.7. The Morgan fingerprint density at radius 2 is 1.58 bits per heavy atom. The quantitative estimate of drug-likeness (QED) is 0.491. The second kappa shape index (κ2) is 11.8. The predicted octanol–water partition coefficient (Wildman–Crippen LogP) is 2.60. The molecule has 2 rings (SSSR count). The van der Waals surface area contributed by atoms with Crippen LogP contribution in [0.15, 0.2) is 30.3 Å². The summed E-state index contributed by atoms with van der Waals surface area (Å²) in [5.41, 5.74) is 0.845. The van der Waals surface area contributed by atoms with E-state index >= 15 is 0 Å². The van der Waals surface area contributed by atoms with Crippen LogP contribution in [-0.4, -0.2) is 41.9 Å². The third-order valence-electron chi connectivity index (χ3n) is 6.05. The van der Waals surface area contributed by atoms with E-state index in [0.29, 0.717) is 0 Å². The van der Waals surface area contributed by atoms with Crippen molar-refractivity contribution in [3.63, 3.8) is 0 Å². The van der Waals surface area contributed by atoms with E-state index in [9.17, 15) is 19.2 Å². The molecule has 1 saturated heterocycles. The number of benzene rings is 1. The van der Waals surface area contributed by atoms with Gasteiger partial charge in [0.15, 0.2) is 6.10 Å². The van der Waals surface area contributed by atoms with Crippen LogP contribution in [0.25, 0.3) is 0 Å². The summed E-state index contributed by atoms with van der Waals surface area (Å²) < 4.78 is 10.5. The highest BCUT2D eigenvalue weighted by Crippen LogP contribution is 2.31. The Morgan fingerprint density at radius 3 is 2.09 bits per heavy atom. The van der Waals surface area contributed by atoms with Gasteiger partial charge >= 0.3 is 11.9 Å². The molecule has 0 aromatic heterocycles. The van der Waals surface area contributed by atoms with Gasteiger partial charge < -0.3 is 20.1 Å². The molecule has 8 heteroatoms. The van der Waals surface area contributed by atoms with E-state index < -0.39 is 47.9 Å². The van der Waals surface area contributed by atoms with Crippen LogP contribution in [0.4, 0.5) is 0 Å². The van der Waals surface area contributed by atoms with Crippen molar-refractivity contribution in [3.8, 4) is 0 Å². The fourth-order valence-electron chi connectivity index (χ4n) is 3.66. The van der Waals surface area contributed by atoms with E-state index in [1.807, 2.05) is 58.0 Å². The molecule has 1 fully saturated rings. The standard InChI is InChI=1S/C25H36N2O6/c1-7-16(6)18-21(33-24(18)30)23(29)26-19(14(2)3)22(28)27-20(15(4)5)25(31)32-13-17-11-9-8-10-12-17/h8-12,14-16,18-21H,7,13H2,1-6H3,(H,26,29)(H,27,28). The molecule has 182 valence electrons. The lowest BCUT2D eigenvalue weighted by Gasteiger charge is -2.38. The third-order valence-corrected chi connectivity index (χ3v) is 6.05. The summed E-state index contributed by atoms with van der Waals surface area (Å²) in [5, 5.41) is 5.44. The lowest BCUT2D eigenvalue weighted by molar-refractivity contribution is -0.193. The van der Waals surface area contributed by atoms with Gasteiger partial charge in [-0.3, -0.25) is 14.4 Å². The van der Waals surface area contributed by atoms with Crippen molar-refractivity contribution in [2.75, 3.05) is 0 Å². The smallest absolute Gasteiger partial charge is 0.329 e. The van der Waals surface area contributed by atoms with Crippen LogP contribution in [0.1, 0.15) is 53.5 Å². The second-order valence-electron chi connectivity index (χ2n) is 9.32. The monoisotopic (exact) mass is 460 g/mol. The van der Waals surface area contributed by atoms with Gasteiger partial charge in [0.2, 0.25) is 5.91 Å². The van der Waals surface area contributed by atoms with Crippen molar-refractivity contribution in [2.24, 2.45) is 23.7 Å². The first kappa shape index (κ1) is 26.4. The summed E-state index contributed by atoms with van der Waals surface area (Å²) in [7, 11) is 0. The first-order valence-corrected chi connectivity index (χ1v) is 11.6. The molecule has 0 saturated carbocycles. The fourth-order valence-corrected chi connectivity index (χ4v) is 3.66. The number of nitrogens with one attached hydrogen (secondary N) is 2. The largest absolute Gasteiger partial charge is 0.459 e. The van der Waals surface area contributed by atoms with Gasteiger partial charge in [-0.25, -0.2) is 4.79 Å². The number of hydrogen-bond acceptors (Lipinski definition) is 6. The van der Waals surface area contributed by atoms with Gasteiger partial charge in [0.1, 0.15) is 24.6 Å². The van der Waals surface area contributed by atoms with Crippen molar-refractivity contribution in [1.82, 2.24) is 10.6 Å². The van der Waals surface area contributed by atoms with Crippen LogP contribution in [0.2, 0.25) is 0 Å². The minimum Gasteiger partial charge on any atom is -0.459 e. The maximum atomic E-state index is 13.0. The number of rotatable bonds is 11. The van der Waals surface area contributed by atoms with Crippen LogP contribution in [-0.2, 0) is 35.3 Å². The SMILES string of the molecule is CCC(C)C1C(=O)OC1C(=O)NC(C(=O)NC(C(=O)OCc1ccccc1)C(C)C)C(C)C. The van der Waals surface area contributed by atoms with E-state index in [1.54, 1.807) is 13.8 Å². The number of carbonyl (C=O) groups excluding carboxylic acids is 4. The van der Waals surface area contributed by atoms with Gasteiger partial charge in [-0.1, -0.05) is 78.3 Å². The molecule has 1 aliphatic heterocycles. The highest BCUT2D eigenvalue weighted by atomic mass is 16.6. The molecule has 0 aliphatic carbocycles. The van der Waals surface area contributed by atoms with Gasteiger partial charge in [-0.05, 0) is 23.3 Å². The van der Waals surface area contributed by atoms with Crippen molar-refractivity contribution in [3.05, 3.63) is 35.9 Å². The summed E-state index contributed by atoms with van der Waals surface area (Å²) in [6.45, 7) is 11.1. The van der Waals surface area contributed by atoms with Crippen LogP contribution in [0, 0.1) is 23.7 Å². The molecule has 5 unspecified atom stereocenters. The summed E-state index contributed by atoms with van der Waals surface area (Å²) >= 11 is 0. The number of cyclic esters (lactones) is 1. The normalized spacial score (nSPS) is 20.3. The molecular formula is C25H36N2O6. The topological polar surface area (TPSA) is 111 Å². The predicted molar refractivity (Wildman–Crippen MR) is 123 cm³/mol. The Morgan fingerprint density at radius 1 is 0.970 bits per heavy atom. The first-order valence-electron chi connectivity index (χ1n) is 11.6. The zero-order valence-corrected chi connectivity index (χ0v) is 20.3. The molecule has 1 aromatic carbocycles. The fraction of sp³-hybridized carbons (Fsp3) is 0.600. The molecule has 33 heavy (non-hydrogen) atoms. The minimum atomic E-state index is -0.904. The van der Waals surface area contributed by atoms with Crippen LogP contribution in [0.5, 0.6) is 0 Å². The summed E-state index contributed by atoms with van der Waals surface area (Å²) in [6.07, 6.45) is -0.169. The van der Waals surface area contributed by atoms with Crippen molar-refractivity contribution >= 4 is 23.8 Å². The highest BCUT2D eigenvalue weighted by Gasteiger charge is 2.50. The second-order valence-corrected chi connectivity index (χ2v) is 9.32. The Hall–Kier alpha value is -2.90. The van der Waals surface area contributed by atoms with Crippen molar-refractivity contribution in [2.45, 2.75) is 72.8 Å². The maximum Gasteiger partial charge on any atom is 0.329 e. The molecule has 2 amide bonds. The Bertz CT molecular complexity index is 839. The molecule has 0 bridgehead atoms. The highest BCUT2D eigenvalue weighted by molar-refractivity contribution is 5.97. The Labute approximate surface area is 195 Å². The van der Waals surface area contributed by atoms with Crippen LogP contribution in [0.3, 0.4) is 0 Å². The molecule has 0 radical (unpaired) electrons.